The largest absolute Gasteiger partial charge is 0.493 e. The van der Waals surface area contributed by atoms with Gasteiger partial charge in [0, 0.05) is 0 Å². The van der Waals surface area contributed by atoms with Gasteiger partial charge in [-0.2, -0.15) is 13.2 Å². The Morgan fingerprint density at radius 1 is 1.03 bits per heavy atom. The number of hydrogen-bond donors (Lipinski definition) is 0. The van der Waals surface area contributed by atoms with Gasteiger partial charge in [0.2, 0.25) is 0 Å². The zero-order valence-electron chi connectivity index (χ0n) is 19.3. The number of nitrogens with zero attached hydrogens (tertiary/aromatic N) is 1. The highest BCUT2D eigenvalue weighted by atomic mass is 35.5. The Morgan fingerprint density at radius 3 is 2.32 bits per heavy atom. The molecule has 4 nitrogen and oxygen atoms in total. The summed E-state index contributed by atoms with van der Waals surface area (Å²) in [6.45, 7) is 6.88. The van der Waals surface area contributed by atoms with Crippen LogP contribution in [-0.4, -0.2) is 25.5 Å². The Hall–Kier alpha value is -2.38. The Labute approximate surface area is 208 Å². The summed E-state index contributed by atoms with van der Waals surface area (Å²) >= 11 is 11.2. The molecule has 0 atom stereocenters. The summed E-state index contributed by atoms with van der Waals surface area (Å²) in [6.07, 6.45) is -0.511. The van der Waals surface area contributed by atoms with Gasteiger partial charge in [-0.25, -0.2) is 0 Å². The van der Waals surface area contributed by atoms with Crippen LogP contribution in [0.2, 0.25) is 0 Å². The summed E-state index contributed by atoms with van der Waals surface area (Å²) in [6, 6.07) is 8.68. The van der Waals surface area contributed by atoms with Crippen LogP contribution in [0.5, 0.6) is 11.5 Å². The van der Waals surface area contributed by atoms with Crippen LogP contribution in [0.1, 0.15) is 48.9 Å². The van der Waals surface area contributed by atoms with E-state index in [0.717, 1.165) is 54.0 Å². The third-order valence-corrected chi connectivity index (χ3v) is 5.21. The fourth-order valence-corrected chi connectivity index (χ4v) is 3.23. The van der Waals surface area contributed by atoms with E-state index in [9.17, 15) is 13.2 Å². The summed E-state index contributed by atoms with van der Waals surface area (Å²) in [5.74, 6) is 1.57. The highest BCUT2D eigenvalue weighted by Crippen LogP contribution is 2.30. The normalized spacial score (nSPS) is 11.8. The van der Waals surface area contributed by atoms with Crippen LogP contribution >= 0.6 is 23.2 Å². The molecule has 2 aromatic rings. The second kappa shape index (κ2) is 13.5. The molecule has 0 saturated carbocycles. The zero-order valence-corrected chi connectivity index (χ0v) is 20.9. The predicted molar refractivity (Wildman–Crippen MR) is 130 cm³/mol. The molecule has 0 radical (unpaired) electrons. The van der Waals surface area contributed by atoms with Crippen LogP contribution in [0.25, 0.3) is 0 Å². The number of aryl methyl sites for hydroxylation is 2. The lowest BCUT2D eigenvalue weighted by molar-refractivity contribution is -0.137. The van der Waals surface area contributed by atoms with E-state index in [1.807, 2.05) is 26.0 Å². The molecule has 2 rings (SSSR count). The SMILES string of the molecule is CCc1cc(OCC=C(Cl)Cl)cc(C)c1OCCCCON=C(C)c1ccc(C(F)(F)F)cc1. The highest BCUT2D eigenvalue weighted by Gasteiger charge is 2.30. The smallest absolute Gasteiger partial charge is 0.416 e. The van der Waals surface area contributed by atoms with Crippen LogP contribution in [0.3, 0.4) is 0 Å². The standard InChI is InChI=1S/C25H28Cl2F3NO3/c1-4-19-16-22(32-14-11-23(26)27)15-17(2)24(19)33-12-5-6-13-34-31-18(3)20-7-9-21(10-8-20)25(28,29)30/h7-11,15-16H,4-6,12-14H2,1-3H3. The van der Waals surface area contributed by atoms with E-state index >= 15 is 0 Å². The molecule has 34 heavy (non-hydrogen) atoms. The molecule has 2 aromatic carbocycles. The minimum Gasteiger partial charge on any atom is -0.493 e. The summed E-state index contributed by atoms with van der Waals surface area (Å²) in [4.78, 5) is 5.31. The number of oxime groups is 1. The van der Waals surface area contributed by atoms with Crippen molar-refractivity contribution in [3.63, 3.8) is 0 Å². The lowest BCUT2D eigenvalue weighted by Gasteiger charge is -2.15. The number of rotatable bonds is 12. The van der Waals surface area contributed by atoms with Crippen molar-refractivity contribution in [2.45, 2.75) is 46.2 Å². The molecule has 186 valence electrons. The van der Waals surface area contributed by atoms with Crippen molar-refractivity contribution in [1.82, 2.24) is 0 Å². The minimum atomic E-state index is -4.36. The first kappa shape index (κ1) is 27.9. The zero-order chi connectivity index (χ0) is 25.1. The molecule has 0 saturated heterocycles. The van der Waals surface area contributed by atoms with Crippen molar-refractivity contribution in [2.24, 2.45) is 5.16 Å². The summed E-state index contributed by atoms with van der Waals surface area (Å²) in [7, 11) is 0. The molecule has 0 aromatic heterocycles. The van der Waals surface area contributed by atoms with Gasteiger partial charge in [-0.3, -0.25) is 0 Å². The fourth-order valence-electron chi connectivity index (χ4n) is 3.10. The lowest BCUT2D eigenvalue weighted by atomic mass is 10.1. The Kier molecular flexibility index (Phi) is 11.1. The average molecular weight is 518 g/mol. The van der Waals surface area contributed by atoms with Gasteiger partial charge in [-0.15, -0.1) is 0 Å². The highest BCUT2D eigenvalue weighted by molar-refractivity contribution is 6.55. The Balaban J connectivity index is 1.77. The molecule has 0 heterocycles. The van der Waals surface area contributed by atoms with Crippen LogP contribution in [0.15, 0.2) is 52.1 Å². The van der Waals surface area contributed by atoms with Gasteiger partial charge in [0.05, 0.1) is 17.9 Å². The molecule has 0 aliphatic rings. The van der Waals surface area contributed by atoms with Crippen LogP contribution < -0.4 is 9.47 Å². The van der Waals surface area contributed by atoms with E-state index in [1.54, 1.807) is 13.0 Å². The van der Waals surface area contributed by atoms with Gasteiger partial charge >= 0.3 is 6.18 Å². The molecule has 0 spiro atoms. The first-order chi connectivity index (χ1) is 16.1. The first-order valence-electron chi connectivity index (χ1n) is 10.9. The maximum Gasteiger partial charge on any atom is 0.416 e. The number of ether oxygens (including phenoxy) is 2. The predicted octanol–water partition coefficient (Wildman–Crippen LogP) is 7.87. The monoisotopic (exact) mass is 517 g/mol. The molecule has 0 bridgehead atoms. The van der Waals surface area contributed by atoms with Gasteiger partial charge in [0.15, 0.2) is 0 Å². The topological polar surface area (TPSA) is 40.0 Å². The number of halogens is 5. The number of alkyl halides is 3. The lowest BCUT2D eigenvalue weighted by Crippen LogP contribution is -2.06. The third-order valence-electron chi connectivity index (χ3n) is 4.90. The van der Waals surface area contributed by atoms with E-state index < -0.39 is 11.7 Å². The van der Waals surface area contributed by atoms with Gasteiger partial charge in [0.25, 0.3) is 0 Å². The van der Waals surface area contributed by atoms with Crippen molar-refractivity contribution in [3.05, 3.63) is 69.2 Å². The average Bonchev–Trinajstić information content (AvgIpc) is 2.78. The van der Waals surface area contributed by atoms with Crippen molar-refractivity contribution in [2.75, 3.05) is 19.8 Å². The second-order valence-electron chi connectivity index (χ2n) is 7.53. The Bertz CT molecular complexity index is 986. The number of unbranched alkanes of at least 4 members (excludes halogenated alkanes) is 1. The number of hydrogen-bond acceptors (Lipinski definition) is 4. The van der Waals surface area contributed by atoms with Crippen molar-refractivity contribution in [3.8, 4) is 11.5 Å². The van der Waals surface area contributed by atoms with Crippen LogP contribution in [-0.2, 0) is 17.4 Å². The summed E-state index contributed by atoms with van der Waals surface area (Å²) in [5.41, 5.74) is 2.42. The van der Waals surface area contributed by atoms with E-state index in [2.05, 4.69) is 5.16 Å². The van der Waals surface area contributed by atoms with Crippen molar-refractivity contribution < 1.29 is 27.5 Å². The second-order valence-corrected chi connectivity index (χ2v) is 8.54. The van der Waals surface area contributed by atoms with Crippen molar-refractivity contribution >= 4 is 28.9 Å². The molecule has 0 N–H and O–H groups in total. The fraction of sp³-hybridized carbons (Fsp3) is 0.400. The van der Waals surface area contributed by atoms with E-state index in [0.29, 0.717) is 24.5 Å². The van der Waals surface area contributed by atoms with Gasteiger partial charge < -0.3 is 14.3 Å². The quantitative estimate of drug-likeness (QED) is 0.163. The summed E-state index contributed by atoms with van der Waals surface area (Å²) in [5, 5.41) is 3.99. The maximum atomic E-state index is 12.6. The molecular weight excluding hydrogens is 490 g/mol. The van der Waals surface area contributed by atoms with E-state index in [-0.39, 0.29) is 11.1 Å². The minimum absolute atomic E-state index is 0.164. The summed E-state index contributed by atoms with van der Waals surface area (Å²) < 4.78 is 49.8. The maximum absolute atomic E-state index is 12.6. The van der Waals surface area contributed by atoms with Crippen molar-refractivity contribution in [1.29, 1.82) is 0 Å². The van der Waals surface area contributed by atoms with E-state index in [1.165, 1.54) is 12.1 Å². The first-order valence-corrected chi connectivity index (χ1v) is 11.6. The molecule has 0 fully saturated rings. The van der Waals surface area contributed by atoms with Crippen LogP contribution in [0, 0.1) is 6.92 Å². The molecule has 0 aliphatic carbocycles. The van der Waals surface area contributed by atoms with E-state index in [4.69, 9.17) is 37.5 Å². The Morgan fingerprint density at radius 2 is 1.71 bits per heavy atom. The molecule has 0 unspecified atom stereocenters. The van der Waals surface area contributed by atoms with Gasteiger partial charge in [0.1, 0.15) is 29.2 Å². The molecular formula is C25H28Cl2F3NO3. The molecule has 9 heteroatoms. The number of benzene rings is 2. The molecule has 0 amide bonds. The van der Waals surface area contributed by atoms with Crippen LogP contribution in [0.4, 0.5) is 13.2 Å². The van der Waals surface area contributed by atoms with Gasteiger partial charge in [-0.05, 0) is 80.1 Å². The molecule has 0 aliphatic heterocycles. The van der Waals surface area contributed by atoms with Gasteiger partial charge in [-0.1, -0.05) is 47.4 Å². The third kappa shape index (κ3) is 9.11.